The lowest BCUT2D eigenvalue weighted by atomic mass is 10.2. The second-order valence-corrected chi connectivity index (χ2v) is 6.40. The van der Waals surface area contributed by atoms with Crippen molar-refractivity contribution in [2.45, 2.75) is 4.90 Å². The van der Waals surface area contributed by atoms with Crippen molar-refractivity contribution in [3.05, 3.63) is 42.0 Å². The molecule has 0 saturated carbocycles. The second kappa shape index (κ2) is 6.67. The van der Waals surface area contributed by atoms with Gasteiger partial charge >= 0.3 is 0 Å². The molecule has 2 aromatic carbocycles. The molecule has 0 atom stereocenters. The van der Waals surface area contributed by atoms with Gasteiger partial charge in [0.2, 0.25) is 0 Å². The monoisotopic (exact) mass is 352 g/mol. The smallest absolute Gasteiger partial charge is 0.261 e. The summed E-state index contributed by atoms with van der Waals surface area (Å²) in [6.07, 6.45) is 0. The van der Waals surface area contributed by atoms with E-state index < -0.39 is 21.7 Å². The van der Waals surface area contributed by atoms with Crippen molar-refractivity contribution in [2.75, 3.05) is 18.9 Å². The molecule has 2 rings (SSSR count). The number of benzene rings is 2. The molecule has 0 bridgehead atoms. The largest absolute Gasteiger partial charge is 0.507 e. The molecule has 0 aliphatic heterocycles. The van der Waals surface area contributed by atoms with Gasteiger partial charge in [0, 0.05) is 6.07 Å². The molecule has 0 heterocycles. The first kappa shape index (κ1) is 17.4. The number of nitrogens with two attached hydrogens (primary N) is 1. The van der Waals surface area contributed by atoms with E-state index in [2.05, 4.69) is 4.72 Å². The van der Waals surface area contributed by atoms with Crippen LogP contribution in [-0.2, 0) is 10.0 Å². The van der Waals surface area contributed by atoms with Crippen LogP contribution in [0.5, 0.6) is 17.2 Å². The van der Waals surface area contributed by atoms with Crippen molar-refractivity contribution < 1.29 is 27.8 Å². The Balaban J connectivity index is 2.39. The van der Waals surface area contributed by atoms with E-state index in [1.165, 1.54) is 26.4 Å². The number of carbonyl (C=O) groups excluding carboxylic acids is 1. The Morgan fingerprint density at radius 2 is 1.75 bits per heavy atom. The van der Waals surface area contributed by atoms with Crippen LogP contribution in [0.1, 0.15) is 10.4 Å². The number of hydrogen-bond donors (Lipinski definition) is 3. The van der Waals surface area contributed by atoms with Crippen LogP contribution in [0.3, 0.4) is 0 Å². The van der Waals surface area contributed by atoms with Crippen LogP contribution in [0.2, 0.25) is 0 Å². The van der Waals surface area contributed by atoms with Gasteiger partial charge in [0.15, 0.2) is 11.5 Å². The highest BCUT2D eigenvalue weighted by Gasteiger charge is 2.19. The molecule has 0 fully saturated rings. The SMILES string of the molecule is COc1ccc(NS(=O)(=O)c2ccc(O)c(C(N)=O)c2)cc1OC. The van der Waals surface area contributed by atoms with E-state index in [0.29, 0.717) is 11.5 Å². The summed E-state index contributed by atoms with van der Waals surface area (Å²) in [5, 5.41) is 9.54. The normalized spacial score (nSPS) is 10.9. The highest BCUT2D eigenvalue weighted by Crippen LogP contribution is 2.31. The predicted molar refractivity (Wildman–Crippen MR) is 87.0 cm³/mol. The average Bonchev–Trinajstić information content (AvgIpc) is 2.54. The quantitative estimate of drug-likeness (QED) is 0.719. The molecule has 0 aliphatic carbocycles. The van der Waals surface area contributed by atoms with Crippen molar-refractivity contribution in [2.24, 2.45) is 5.73 Å². The van der Waals surface area contributed by atoms with Gasteiger partial charge in [-0.15, -0.1) is 0 Å². The summed E-state index contributed by atoms with van der Waals surface area (Å²) in [5.41, 5.74) is 5.06. The van der Waals surface area contributed by atoms with E-state index in [1.807, 2.05) is 0 Å². The number of rotatable bonds is 6. The maximum absolute atomic E-state index is 12.4. The molecular formula is C15H16N2O6S. The van der Waals surface area contributed by atoms with E-state index in [-0.39, 0.29) is 16.1 Å². The maximum atomic E-state index is 12.4. The van der Waals surface area contributed by atoms with Gasteiger partial charge < -0.3 is 20.3 Å². The molecule has 4 N–H and O–H groups in total. The molecule has 0 radical (unpaired) electrons. The zero-order valence-electron chi connectivity index (χ0n) is 12.9. The molecule has 0 aliphatic rings. The number of methoxy groups -OCH3 is 2. The molecule has 0 unspecified atom stereocenters. The lowest BCUT2D eigenvalue weighted by molar-refractivity contribution is 0.0997. The van der Waals surface area contributed by atoms with Gasteiger partial charge in [0.1, 0.15) is 5.75 Å². The number of ether oxygens (including phenoxy) is 2. The number of nitrogens with one attached hydrogen (secondary N) is 1. The highest BCUT2D eigenvalue weighted by molar-refractivity contribution is 7.92. The fraction of sp³-hybridized carbons (Fsp3) is 0.133. The molecule has 1 amide bonds. The first-order valence-electron chi connectivity index (χ1n) is 6.66. The summed E-state index contributed by atoms with van der Waals surface area (Å²) in [7, 11) is -1.11. The van der Waals surface area contributed by atoms with Gasteiger partial charge in [-0.2, -0.15) is 0 Å². The average molecular weight is 352 g/mol. The lowest BCUT2D eigenvalue weighted by Gasteiger charge is -2.12. The molecule has 0 spiro atoms. The lowest BCUT2D eigenvalue weighted by Crippen LogP contribution is -2.16. The number of sulfonamides is 1. The first-order chi connectivity index (χ1) is 11.3. The summed E-state index contributed by atoms with van der Waals surface area (Å²) < 4.78 is 37.4. The topological polar surface area (TPSA) is 128 Å². The number of anilines is 1. The maximum Gasteiger partial charge on any atom is 0.261 e. The van der Waals surface area contributed by atoms with Crippen LogP contribution >= 0.6 is 0 Å². The van der Waals surface area contributed by atoms with Gasteiger partial charge in [0.25, 0.3) is 15.9 Å². The van der Waals surface area contributed by atoms with Gasteiger partial charge in [-0.25, -0.2) is 8.42 Å². The Morgan fingerprint density at radius 3 is 2.33 bits per heavy atom. The van der Waals surface area contributed by atoms with Crippen molar-refractivity contribution in [3.63, 3.8) is 0 Å². The third kappa shape index (κ3) is 3.51. The van der Waals surface area contributed by atoms with Gasteiger partial charge in [-0.05, 0) is 30.3 Å². The van der Waals surface area contributed by atoms with Crippen LogP contribution in [0.25, 0.3) is 0 Å². The number of aromatic hydroxyl groups is 1. The summed E-state index contributed by atoms with van der Waals surface area (Å²) in [4.78, 5) is 11.0. The number of amides is 1. The Kier molecular flexibility index (Phi) is 4.84. The summed E-state index contributed by atoms with van der Waals surface area (Å²) in [5.74, 6) is -0.537. The van der Waals surface area contributed by atoms with Gasteiger partial charge in [-0.1, -0.05) is 0 Å². The predicted octanol–water partition coefficient (Wildman–Crippen LogP) is 1.31. The second-order valence-electron chi connectivity index (χ2n) is 4.72. The number of primary amides is 1. The fourth-order valence-electron chi connectivity index (χ4n) is 1.99. The standard InChI is InChI=1S/C15H16N2O6S/c1-22-13-6-3-9(7-14(13)23-2)17-24(20,21)10-4-5-12(18)11(8-10)15(16)19/h3-8,17-18H,1-2H3,(H2,16,19). The van der Waals surface area contributed by atoms with Crippen LogP contribution in [0, 0.1) is 0 Å². The molecule has 0 aromatic heterocycles. The molecule has 24 heavy (non-hydrogen) atoms. The van der Waals surface area contributed by atoms with Gasteiger partial charge in [0.05, 0.1) is 30.4 Å². The van der Waals surface area contributed by atoms with E-state index in [9.17, 15) is 18.3 Å². The van der Waals surface area contributed by atoms with Gasteiger partial charge in [-0.3, -0.25) is 9.52 Å². The molecule has 0 saturated heterocycles. The molecule has 8 nitrogen and oxygen atoms in total. The summed E-state index contributed by atoms with van der Waals surface area (Å²) in [6, 6.07) is 7.73. The summed E-state index contributed by atoms with van der Waals surface area (Å²) in [6.45, 7) is 0. The third-order valence-electron chi connectivity index (χ3n) is 3.18. The van der Waals surface area contributed by atoms with Crippen molar-refractivity contribution in [1.82, 2.24) is 0 Å². The van der Waals surface area contributed by atoms with Crippen LogP contribution < -0.4 is 19.9 Å². The van der Waals surface area contributed by atoms with Crippen LogP contribution in [-0.4, -0.2) is 33.7 Å². The van der Waals surface area contributed by atoms with Crippen molar-refractivity contribution in [1.29, 1.82) is 0 Å². The fourth-order valence-corrected chi connectivity index (χ4v) is 3.07. The Bertz CT molecular complexity index is 880. The first-order valence-corrected chi connectivity index (χ1v) is 8.14. The Labute approximate surface area is 138 Å². The molecule has 9 heteroatoms. The molecular weight excluding hydrogens is 336 g/mol. The van der Waals surface area contributed by atoms with Crippen molar-refractivity contribution in [3.8, 4) is 17.2 Å². The van der Waals surface area contributed by atoms with E-state index in [1.54, 1.807) is 6.07 Å². The summed E-state index contributed by atoms with van der Waals surface area (Å²) >= 11 is 0. The Morgan fingerprint density at radius 1 is 1.08 bits per heavy atom. The number of phenols is 1. The third-order valence-corrected chi connectivity index (χ3v) is 4.56. The van der Waals surface area contributed by atoms with Crippen LogP contribution in [0.4, 0.5) is 5.69 Å². The molecule has 2 aromatic rings. The van der Waals surface area contributed by atoms with E-state index >= 15 is 0 Å². The zero-order valence-corrected chi connectivity index (χ0v) is 13.8. The Hall–Kier alpha value is -2.94. The minimum Gasteiger partial charge on any atom is -0.507 e. The van der Waals surface area contributed by atoms with E-state index in [4.69, 9.17) is 15.2 Å². The van der Waals surface area contributed by atoms with E-state index in [0.717, 1.165) is 18.2 Å². The minimum absolute atomic E-state index is 0.219. The number of hydrogen-bond acceptors (Lipinski definition) is 6. The minimum atomic E-state index is -4.00. The molecule has 128 valence electrons. The number of carbonyl (C=O) groups is 1. The highest BCUT2D eigenvalue weighted by atomic mass is 32.2. The van der Waals surface area contributed by atoms with Crippen LogP contribution in [0.15, 0.2) is 41.3 Å². The zero-order chi connectivity index (χ0) is 17.9. The van der Waals surface area contributed by atoms with Crippen molar-refractivity contribution >= 4 is 21.6 Å².